The summed E-state index contributed by atoms with van der Waals surface area (Å²) in [6.07, 6.45) is 1.66. The number of hydrogen-bond acceptors (Lipinski definition) is 4. The molecule has 4 nitrogen and oxygen atoms in total. The number of hydrogen-bond donors (Lipinski definition) is 0. The summed E-state index contributed by atoms with van der Waals surface area (Å²) in [6.45, 7) is 4.86. The molecule has 1 heterocycles. The second kappa shape index (κ2) is 3.48. The number of carbonyl (C=O) groups is 3. The zero-order valence-electron chi connectivity index (χ0n) is 10.4. The van der Waals surface area contributed by atoms with Crippen LogP contribution in [0.4, 0.5) is 0 Å². The molecule has 3 rings (SSSR count). The van der Waals surface area contributed by atoms with E-state index in [9.17, 15) is 14.4 Å². The van der Waals surface area contributed by atoms with Crippen molar-refractivity contribution in [2.24, 2.45) is 0 Å². The Morgan fingerprint density at radius 3 is 2.37 bits per heavy atom. The molecule has 1 saturated heterocycles. The van der Waals surface area contributed by atoms with Crippen molar-refractivity contribution in [2.75, 3.05) is 0 Å². The maximum absolute atomic E-state index is 12.5. The molecule has 2 atom stereocenters. The largest absolute Gasteiger partial charge is 0.337 e. The Kier molecular flexibility index (Phi) is 2.20. The average Bonchev–Trinajstić information content (AvgIpc) is 3.09. The lowest BCUT2D eigenvalue weighted by atomic mass is 9.71. The number of rotatable bonds is 3. The van der Waals surface area contributed by atoms with Crippen molar-refractivity contribution in [1.29, 1.82) is 0 Å². The van der Waals surface area contributed by atoms with Crippen LogP contribution in [-0.2, 0) is 9.53 Å². The topological polar surface area (TPSA) is 63.7 Å². The van der Waals surface area contributed by atoms with Crippen LogP contribution in [0.1, 0.15) is 34.1 Å². The van der Waals surface area contributed by atoms with Gasteiger partial charge in [0.25, 0.3) is 0 Å². The Morgan fingerprint density at radius 1 is 1.26 bits per heavy atom. The summed E-state index contributed by atoms with van der Waals surface area (Å²) in [4.78, 5) is 36.9. The highest BCUT2D eigenvalue weighted by atomic mass is 16.6. The van der Waals surface area contributed by atoms with E-state index < -0.39 is 22.8 Å². The zero-order chi connectivity index (χ0) is 13.8. The third-order valence-corrected chi connectivity index (χ3v) is 3.88. The number of carbonyl (C=O) groups excluding carboxylic acids is 3. The number of ketones is 3. The molecular weight excluding hydrogens is 244 g/mol. The van der Waals surface area contributed by atoms with E-state index in [0.29, 0.717) is 5.56 Å². The van der Waals surface area contributed by atoms with Gasteiger partial charge in [-0.25, -0.2) is 0 Å². The third-order valence-electron chi connectivity index (χ3n) is 3.88. The third kappa shape index (κ3) is 1.15. The number of Topliss-reactive ketones (excluding diaryl/α,β-unsaturated/α-hetero) is 3. The molecule has 4 heteroatoms. The van der Waals surface area contributed by atoms with Gasteiger partial charge < -0.3 is 4.74 Å². The molecule has 0 saturated carbocycles. The van der Waals surface area contributed by atoms with E-state index >= 15 is 0 Å². The Labute approximate surface area is 110 Å². The molecule has 0 spiro atoms. The van der Waals surface area contributed by atoms with Crippen LogP contribution in [0.3, 0.4) is 0 Å². The van der Waals surface area contributed by atoms with Crippen molar-refractivity contribution in [3.05, 3.63) is 48.0 Å². The summed E-state index contributed by atoms with van der Waals surface area (Å²) in [5.41, 5.74) is -2.41. The van der Waals surface area contributed by atoms with Crippen molar-refractivity contribution in [3.8, 4) is 0 Å². The van der Waals surface area contributed by atoms with E-state index in [2.05, 4.69) is 6.58 Å². The summed E-state index contributed by atoms with van der Waals surface area (Å²) in [6, 6.07) is 6.50. The molecule has 1 aromatic carbocycles. The maximum atomic E-state index is 12.5. The second-order valence-electron chi connectivity index (χ2n) is 4.86. The van der Waals surface area contributed by atoms with Gasteiger partial charge in [0.2, 0.25) is 11.4 Å². The second-order valence-corrected chi connectivity index (χ2v) is 4.86. The molecule has 0 amide bonds. The van der Waals surface area contributed by atoms with E-state index in [0.717, 1.165) is 0 Å². The van der Waals surface area contributed by atoms with Crippen LogP contribution in [0.15, 0.2) is 36.9 Å². The molecule has 2 unspecified atom stereocenters. The van der Waals surface area contributed by atoms with Crippen molar-refractivity contribution in [3.63, 3.8) is 0 Å². The van der Waals surface area contributed by atoms with Gasteiger partial charge in [-0.1, -0.05) is 30.3 Å². The summed E-state index contributed by atoms with van der Waals surface area (Å²) in [7, 11) is 0. The van der Waals surface area contributed by atoms with Gasteiger partial charge in [0.05, 0.1) is 0 Å². The first-order valence-corrected chi connectivity index (χ1v) is 6.02. The molecule has 1 aliphatic heterocycles. The SMILES string of the molecule is C=CCC12OC1(C(C)=O)C(=O)c1ccccc1C2=O. The fourth-order valence-corrected chi connectivity index (χ4v) is 2.96. The van der Waals surface area contributed by atoms with Crippen molar-refractivity contribution in [2.45, 2.75) is 24.5 Å². The molecule has 96 valence electrons. The van der Waals surface area contributed by atoms with E-state index in [1.54, 1.807) is 24.3 Å². The minimum Gasteiger partial charge on any atom is -0.337 e. The molecule has 2 aliphatic rings. The van der Waals surface area contributed by atoms with E-state index in [-0.39, 0.29) is 17.8 Å². The quantitative estimate of drug-likeness (QED) is 0.469. The lowest BCUT2D eigenvalue weighted by molar-refractivity contribution is -0.120. The summed E-state index contributed by atoms with van der Waals surface area (Å²) < 4.78 is 5.44. The number of ether oxygens (including phenoxy) is 1. The highest BCUT2D eigenvalue weighted by molar-refractivity contribution is 6.33. The molecule has 1 fully saturated rings. The molecule has 0 aromatic heterocycles. The van der Waals surface area contributed by atoms with Gasteiger partial charge in [-0.15, -0.1) is 6.58 Å². The van der Waals surface area contributed by atoms with Gasteiger partial charge >= 0.3 is 0 Å². The van der Waals surface area contributed by atoms with Gasteiger partial charge in [0.1, 0.15) is 0 Å². The van der Waals surface area contributed by atoms with Gasteiger partial charge in [-0.3, -0.25) is 14.4 Å². The molecule has 0 N–H and O–H groups in total. The Bertz CT molecular complexity index is 645. The first kappa shape index (κ1) is 12.0. The standard InChI is InChI=1S/C15H12O4/c1-3-8-14-12(17)10-6-4-5-7-11(10)13(18)15(14,19-14)9(2)16/h3-7H,1,8H2,2H3. The predicted molar refractivity (Wildman–Crippen MR) is 67.1 cm³/mol. The van der Waals surface area contributed by atoms with Gasteiger partial charge in [0.15, 0.2) is 17.2 Å². The predicted octanol–water partition coefficient (Wildman–Crippen LogP) is 1.74. The molecule has 0 radical (unpaired) electrons. The van der Waals surface area contributed by atoms with Crippen LogP contribution >= 0.6 is 0 Å². The fourth-order valence-electron chi connectivity index (χ4n) is 2.96. The molecule has 1 aliphatic carbocycles. The van der Waals surface area contributed by atoms with E-state index in [1.807, 2.05) is 0 Å². The monoisotopic (exact) mass is 256 g/mol. The highest BCUT2D eigenvalue weighted by Gasteiger charge is 2.82. The minimum atomic E-state index is -1.63. The van der Waals surface area contributed by atoms with Crippen molar-refractivity contribution >= 4 is 17.3 Å². The van der Waals surface area contributed by atoms with E-state index in [4.69, 9.17) is 4.74 Å². The average molecular weight is 256 g/mol. The van der Waals surface area contributed by atoms with E-state index in [1.165, 1.54) is 13.0 Å². The summed E-state index contributed by atoms with van der Waals surface area (Å²) >= 11 is 0. The zero-order valence-corrected chi connectivity index (χ0v) is 10.4. The lowest BCUT2D eigenvalue weighted by Crippen LogP contribution is -2.48. The Hall–Kier alpha value is -2.07. The minimum absolute atomic E-state index is 0.158. The smallest absolute Gasteiger partial charge is 0.226 e. The summed E-state index contributed by atoms with van der Waals surface area (Å²) in [5.74, 6) is -1.16. The van der Waals surface area contributed by atoms with Crippen molar-refractivity contribution < 1.29 is 19.1 Å². The Morgan fingerprint density at radius 2 is 1.84 bits per heavy atom. The molecular formula is C15H12O4. The number of benzene rings is 1. The van der Waals surface area contributed by atoms with Crippen LogP contribution in [0.25, 0.3) is 0 Å². The number of fused-ring (bicyclic) bond motifs is 2. The van der Waals surface area contributed by atoms with Crippen LogP contribution in [0.2, 0.25) is 0 Å². The maximum Gasteiger partial charge on any atom is 0.226 e. The molecule has 19 heavy (non-hydrogen) atoms. The highest BCUT2D eigenvalue weighted by Crippen LogP contribution is 2.58. The van der Waals surface area contributed by atoms with Crippen molar-refractivity contribution in [1.82, 2.24) is 0 Å². The van der Waals surface area contributed by atoms with Crippen LogP contribution in [0, 0.1) is 0 Å². The van der Waals surface area contributed by atoms with Gasteiger partial charge in [0, 0.05) is 17.5 Å². The Balaban J connectivity index is 2.27. The number of epoxide rings is 1. The first-order chi connectivity index (χ1) is 9.01. The lowest BCUT2D eigenvalue weighted by Gasteiger charge is -2.22. The summed E-state index contributed by atoms with van der Waals surface area (Å²) in [5, 5.41) is 0. The fraction of sp³-hybridized carbons (Fsp3) is 0.267. The van der Waals surface area contributed by atoms with Crippen LogP contribution in [0.5, 0.6) is 0 Å². The van der Waals surface area contributed by atoms with Gasteiger partial charge in [-0.2, -0.15) is 0 Å². The molecule has 1 aromatic rings. The van der Waals surface area contributed by atoms with Crippen LogP contribution < -0.4 is 0 Å². The first-order valence-electron chi connectivity index (χ1n) is 6.02. The van der Waals surface area contributed by atoms with Gasteiger partial charge in [-0.05, 0) is 6.92 Å². The van der Waals surface area contributed by atoms with Crippen LogP contribution in [-0.4, -0.2) is 28.6 Å². The molecule has 0 bridgehead atoms. The normalized spacial score (nSPS) is 31.4.